The molecule has 136 valence electrons. The number of carbonyl (C=O) groups excluding carboxylic acids is 1. The van der Waals surface area contributed by atoms with E-state index < -0.39 is 0 Å². The van der Waals surface area contributed by atoms with E-state index in [9.17, 15) is 9.59 Å². The van der Waals surface area contributed by atoms with Crippen molar-refractivity contribution < 1.29 is 4.79 Å². The number of hydrogen-bond donors (Lipinski definition) is 0. The van der Waals surface area contributed by atoms with Crippen LogP contribution >= 0.6 is 0 Å². The molecule has 26 heavy (non-hydrogen) atoms. The molecular weight excluding hydrogens is 326 g/mol. The van der Waals surface area contributed by atoms with Gasteiger partial charge in [0, 0.05) is 31.6 Å². The summed E-state index contributed by atoms with van der Waals surface area (Å²) in [7, 11) is 0. The molecule has 2 aromatic rings. The molecule has 1 saturated heterocycles. The minimum Gasteiger partial charge on any atom is -0.338 e. The van der Waals surface area contributed by atoms with Gasteiger partial charge in [-0.3, -0.25) is 14.2 Å². The van der Waals surface area contributed by atoms with Gasteiger partial charge in [-0.25, -0.2) is 4.98 Å². The smallest absolute Gasteiger partial charge is 0.261 e. The first-order valence-corrected chi connectivity index (χ1v) is 10.0. The lowest BCUT2D eigenvalue weighted by Gasteiger charge is -2.41. The van der Waals surface area contributed by atoms with Gasteiger partial charge in [0.25, 0.3) is 11.5 Å². The fourth-order valence-electron chi connectivity index (χ4n) is 5.18. The average Bonchev–Trinajstić information content (AvgIpc) is 3.15. The molecule has 1 saturated carbocycles. The van der Waals surface area contributed by atoms with E-state index in [-0.39, 0.29) is 11.5 Å². The van der Waals surface area contributed by atoms with Crippen molar-refractivity contribution >= 4 is 16.8 Å². The molecule has 1 aromatic heterocycles. The van der Waals surface area contributed by atoms with Crippen molar-refractivity contribution in [1.82, 2.24) is 14.5 Å². The summed E-state index contributed by atoms with van der Waals surface area (Å²) in [5, 5.41) is 0.623. The Kier molecular flexibility index (Phi) is 3.84. The van der Waals surface area contributed by atoms with Gasteiger partial charge in [0.1, 0.15) is 5.82 Å². The number of fused-ring (bicyclic) bond motifs is 3. The van der Waals surface area contributed by atoms with E-state index in [4.69, 9.17) is 0 Å². The Hall–Kier alpha value is -2.17. The Balaban J connectivity index is 1.44. The number of piperidine rings is 1. The maximum Gasteiger partial charge on any atom is 0.261 e. The third kappa shape index (κ3) is 2.56. The number of rotatable bonds is 1. The van der Waals surface area contributed by atoms with Gasteiger partial charge in [0.05, 0.1) is 10.9 Å². The molecular formula is C21H25N3O2. The highest BCUT2D eigenvalue weighted by Crippen LogP contribution is 2.36. The molecule has 0 unspecified atom stereocenters. The van der Waals surface area contributed by atoms with Gasteiger partial charge in [-0.2, -0.15) is 0 Å². The highest BCUT2D eigenvalue weighted by atomic mass is 16.2. The standard InChI is InChI=1S/C21H25N3O2/c25-20(23-11-9-14-4-1-2-5-16(14)13-23)15-7-8-17-18(12-15)22-19-6-3-10-24(19)21(17)26/h7-8,12,14,16H,1-6,9-11,13H2/t14-,16-/m0/s1. The third-order valence-electron chi connectivity index (χ3n) is 6.64. The maximum atomic E-state index is 13.1. The SMILES string of the molecule is O=C(c1ccc2c(=O)n3c(nc2c1)CCC3)N1CC[C@@H]2CCCC[C@H]2C1. The van der Waals surface area contributed by atoms with Crippen molar-refractivity contribution in [3.8, 4) is 0 Å². The van der Waals surface area contributed by atoms with Gasteiger partial charge >= 0.3 is 0 Å². The minimum atomic E-state index is 0.0320. The predicted molar refractivity (Wildman–Crippen MR) is 100 cm³/mol. The molecule has 0 N–H and O–H groups in total. The molecule has 3 aliphatic rings. The van der Waals surface area contributed by atoms with Crippen LogP contribution < -0.4 is 5.56 Å². The zero-order chi connectivity index (χ0) is 17.7. The molecule has 2 aliphatic heterocycles. The highest BCUT2D eigenvalue weighted by Gasteiger charge is 2.33. The minimum absolute atomic E-state index is 0.0320. The van der Waals surface area contributed by atoms with E-state index in [0.29, 0.717) is 22.4 Å². The fourth-order valence-corrected chi connectivity index (χ4v) is 5.18. The lowest BCUT2D eigenvalue weighted by molar-refractivity contribution is 0.0521. The second kappa shape index (κ2) is 6.22. The van der Waals surface area contributed by atoms with Crippen molar-refractivity contribution in [3.63, 3.8) is 0 Å². The summed E-state index contributed by atoms with van der Waals surface area (Å²) < 4.78 is 1.78. The molecule has 0 bridgehead atoms. The normalized spacial score (nSPS) is 25.2. The first-order chi connectivity index (χ1) is 12.7. The van der Waals surface area contributed by atoms with Crippen LogP contribution in [-0.2, 0) is 13.0 Å². The van der Waals surface area contributed by atoms with Gasteiger partial charge in [-0.1, -0.05) is 19.3 Å². The van der Waals surface area contributed by atoms with Crippen LogP contribution in [0.2, 0.25) is 0 Å². The van der Waals surface area contributed by atoms with Gasteiger partial charge in [-0.15, -0.1) is 0 Å². The molecule has 2 atom stereocenters. The molecule has 2 fully saturated rings. The van der Waals surface area contributed by atoms with Crippen molar-refractivity contribution in [2.45, 2.75) is 51.5 Å². The van der Waals surface area contributed by atoms with E-state index >= 15 is 0 Å². The summed E-state index contributed by atoms with van der Waals surface area (Å²) >= 11 is 0. The Morgan fingerprint density at radius 1 is 1.04 bits per heavy atom. The zero-order valence-electron chi connectivity index (χ0n) is 15.1. The fraction of sp³-hybridized carbons (Fsp3) is 0.571. The molecule has 3 heterocycles. The second-order valence-electron chi connectivity index (χ2n) is 8.16. The molecule has 0 radical (unpaired) electrons. The third-order valence-corrected chi connectivity index (χ3v) is 6.64. The number of likely N-dealkylation sites (tertiary alicyclic amines) is 1. The van der Waals surface area contributed by atoms with Gasteiger partial charge in [-0.05, 0) is 49.3 Å². The first-order valence-electron chi connectivity index (χ1n) is 10.0. The van der Waals surface area contributed by atoms with Crippen LogP contribution in [0.4, 0.5) is 0 Å². The topological polar surface area (TPSA) is 55.2 Å². The second-order valence-corrected chi connectivity index (χ2v) is 8.16. The number of aryl methyl sites for hydroxylation is 1. The number of aromatic nitrogens is 2. The number of nitrogens with zero attached hydrogens (tertiary/aromatic N) is 3. The quantitative estimate of drug-likeness (QED) is 0.794. The molecule has 0 spiro atoms. The Morgan fingerprint density at radius 2 is 1.88 bits per heavy atom. The summed E-state index contributed by atoms with van der Waals surface area (Å²) in [6.45, 7) is 2.51. The Bertz CT molecular complexity index is 933. The van der Waals surface area contributed by atoms with Gasteiger partial charge in [0.15, 0.2) is 0 Å². The largest absolute Gasteiger partial charge is 0.338 e. The summed E-state index contributed by atoms with van der Waals surface area (Å²) in [5.74, 6) is 2.44. The number of hydrogen-bond acceptors (Lipinski definition) is 3. The molecule has 1 aromatic carbocycles. The van der Waals surface area contributed by atoms with Crippen LogP contribution in [0.15, 0.2) is 23.0 Å². The molecule has 1 amide bonds. The summed E-state index contributed by atoms with van der Waals surface area (Å²) in [5.41, 5.74) is 1.37. The van der Waals surface area contributed by atoms with Gasteiger partial charge in [0.2, 0.25) is 0 Å². The summed E-state index contributed by atoms with van der Waals surface area (Å²) in [4.78, 5) is 32.3. The van der Waals surface area contributed by atoms with Crippen molar-refractivity contribution in [3.05, 3.63) is 39.9 Å². The molecule has 1 aliphatic carbocycles. The first kappa shape index (κ1) is 16.0. The summed E-state index contributed by atoms with van der Waals surface area (Å²) in [6.07, 6.45) is 8.21. The maximum absolute atomic E-state index is 13.1. The molecule has 5 rings (SSSR count). The van der Waals surface area contributed by atoms with Crippen LogP contribution in [0, 0.1) is 11.8 Å². The van der Waals surface area contributed by atoms with Crippen LogP contribution in [0.3, 0.4) is 0 Å². The van der Waals surface area contributed by atoms with E-state index in [2.05, 4.69) is 4.98 Å². The Morgan fingerprint density at radius 3 is 2.77 bits per heavy atom. The van der Waals surface area contributed by atoms with E-state index in [0.717, 1.165) is 50.6 Å². The van der Waals surface area contributed by atoms with Crippen LogP contribution in [-0.4, -0.2) is 33.4 Å². The van der Waals surface area contributed by atoms with E-state index in [1.54, 1.807) is 10.6 Å². The molecule has 5 heteroatoms. The highest BCUT2D eigenvalue weighted by molar-refractivity contribution is 5.97. The molecule has 5 nitrogen and oxygen atoms in total. The Labute approximate surface area is 153 Å². The van der Waals surface area contributed by atoms with Gasteiger partial charge < -0.3 is 4.90 Å². The van der Waals surface area contributed by atoms with E-state index in [1.165, 1.54) is 25.7 Å². The number of amides is 1. The average molecular weight is 351 g/mol. The van der Waals surface area contributed by atoms with Crippen LogP contribution in [0.1, 0.15) is 54.7 Å². The number of benzene rings is 1. The monoisotopic (exact) mass is 351 g/mol. The van der Waals surface area contributed by atoms with Crippen molar-refractivity contribution in [2.24, 2.45) is 11.8 Å². The van der Waals surface area contributed by atoms with Crippen molar-refractivity contribution in [1.29, 1.82) is 0 Å². The summed E-state index contributed by atoms with van der Waals surface area (Å²) in [6, 6.07) is 5.42. The van der Waals surface area contributed by atoms with E-state index in [1.807, 2.05) is 17.0 Å². The van der Waals surface area contributed by atoms with Crippen LogP contribution in [0.25, 0.3) is 10.9 Å². The predicted octanol–water partition coefficient (Wildman–Crippen LogP) is 3.00. The van der Waals surface area contributed by atoms with Crippen molar-refractivity contribution in [2.75, 3.05) is 13.1 Å². The number of carbonyl (C=O) groups is 1. The lowest BCUT2D eigenvalue weighted by Crippen LogP contribution is -2.44. The lowest BCUT2D eigenvalue weighted by atomic mass is 9.75. The van der Waals surface area contributed by atoms with Crippen LogP contribution in [0.5, 0.6) is 0 Å². The zero-order valence-corrected chi connectivity index (χ0v) is 15.1.